The Labute approximate surface area is 113 Å². The second-order valence-electron chi connectivity index (χ2n) is 4.44. The number of hydrogen-bond acceptors (Lipinski definition) is 5. The monoisotopic (exact) mass is 289 g/mol. The van der Waals surface area contributed by atoms with Crippen LogP contribution in [-0.2, 0) is 11.0 Å². The van der Waals surface area contributed by atoms with Gasteiger partial charge in [0.05, 0.1) is 0 Å². The number of rotatable bonds is 3. The summed E-state index contributed by atoms with van der Waals surface area (Å²) in [7, 11) is 1.46. The maximum absolute atomic E-state index is 12.8. The quantitative estimate of drug-likeness (QED) is 0.867. The molecule has 0 aliphatic carbocycles. The van der Waals surface area contributed by atoms with E-state index in [4.69, 9.17) is 5.73 Å². The number of carbonyl (C=O) groups is 1. The summed E-state index contributed by atoms with van der Waals surface area (Å²) in [5.41, 5.74) is 5.26. The standard InChI is InChI=1S/C11H14F3N5O/c1-16-7-5-8(18-10(17-7)11(12,13)14)19-4-2-3-6(19)9(15)20/h5-6H,2-4H2,1H3,(H2,15,20)(H,16,17,18). The van der Waals surface area contributed by atoms with Crippen LogP contribution in [-0.4, -0.2) is 35.5 Å². The molecule has 1 amide bonds. The number of nitrogens with one attached hydrogen (secondary N) is 1. The third kappa shape index (κ3) is 2.75. The first kappa shape index (κ1) is 14.4. The zero-order valence-corrected chi connectivity index (χ0v) is 10.7. The first-order valence-electron chi connectivity index (χ1n) is 6.03. The van der Waals surface area contributed by atoms with Gasteiger partial charge in [0.15, 0.2) is 0 Å². The molecule has 3 N–H and O–H groups in total. The minimum absolute atomic E-state index is 0.0393. The average molecular weight is 289 g/mol. The van der Waals surface area contributed by atoms with Crippen molar-refractivity contribution >= 4 is 17.5 Å². The van der Waals surface area contributed by atoms with Crippen LogP contribution in [0, 0.1) is 0 Å². The van der Waals surface area contributed by atoms with E-state index in [1.807, 2.05) is 0 Å². The Morgan fingerprint density at radius 3 is 2.75 bits per heavy atom. The van der Waals surface area contributed by atoms with Gasteiger partial charge in [-0.2, -0.15) is 13.2 Å². The zero-order chi connectivity index (χ0) is 14.9. The van der Waals surface area contributed by atoms with Gasteiger partial charge in [0.1, 0.15) is 17.7 Å². The molecule has 9 heteroatoms. The summed E-state index contributed by atoms with van der Waals surface area (Å²) in [5, 5.41) is 2.55. The Morgan fingerprint density at radius 2 is 2.20 bits per heavy atom. The highest BCUT2D eigenvalue weighted by Gasteiger charge is 2.37. The fraction of sp³-hybridized carbons (Fsp3) is 0.545. The average Bonchev–Trinajstić information content (AvgIpc) is 2.86. The van der Waals surface area contributed by atoms with Crippen molar-refractivity contribution in [2.45, 2.75) is 25.1 Å². The lowest BCUT2D eigenvalue weighted by atomic mass is 10.2. The Hall–Kier alpha value is -2.06. The van der Waals surface area contributed by atoms with Crippen molar-refractivity contribution in [2.24, 2.45) is 5.73 Å². The van der Waals surface area contributed by atoms with E-state index in [0.29, 0.717) is 19.4 Å². The molecule has 2 heterocycles. The fourth-order valence-electron chi connectivity index (χ4n) is 2.17. The number of amides is 1. The van der Waals surface area contributed by atoms with Gasteiger partial charge in [-0.1, -0.05) is 0 Å². The molecule has 1 aromatic rings. The predicted molar refractivity (Wildman–Crippen MR) is 66.1 cm³/mol. The van der Waals surface area contributed by atoms with Crippen LogP contribution in [0.25, 0.3) is 0 Å². The lowest BCUT2D eigenvalue weighted by Crippen LogP contribution is -2.41. The summed E-state index contributed by atoms with van der Waals surface area (Å²) in [4.78, 5) is 19.7. The van der Waals surface area contributed by atoms with Gasteiger partial charge in [0.25, 0.3) is 0 Å². The van der Waals surface area contributed by atoms with Crippen LogP contribution < -0.4 is 16.0 Å². The number of nitrogens with zero attached hydrogens (tertiary/aromatic N) is 3. The van der Waals surface area contributed by atoms with Crippen molar-refractivity contribution in [3.8, 4) is 0 Å². The Balaban J connectivity index is 2.43. The largest absolute Gasteiger partial charge is 0.451 e. The van der Waals surface area contributed by atoms with E-state index in [1.165, 1.54) is 18.0 Å². The summed E-state index contributed by atoms with van der Waals surface area (Å²) in [6.07, 6.45) is -3.47. The topological polar surface area (TPSA) is 84.1 Å². The smallest absolute Gasteiger partial charge is 0.373 e. The van der Waals surface area contributed by atoms with Gasteiger partial charge >= 0.3 is 6.18 Å². The van der Waals surface area contributed by atoms with E-state index in [1.54, 1.807) is 0 Å². The Bertz CT molecular complexity index is 519. The molecule has 0 bridgehead atoms. The number of anilines is 2. The SMILES string of the molecule is CNc1cc(N2CCCC2C(N)=O)nc(C(F)(F)F)n1. The molecule has 1 fully saturated rings. The van der Waals surface area contributed by atoms with Crippen molar-refractivity contribution in [1.82, 2.24) is 9.97 Å². The normalized spacial score (nSPS) is 19.2. The summed E-state index contributed by atoms with van der Waals surface area (Å²) < 4.78 is 38.3. The third-order valence-electron chi connectivity index (χ3n) is 3.10. The fourth-order valence-corrected chi connectivity index (χ4v) is 2.17. The van der Waals surface area contributed by atoms with E-state index in [9.17, 15) is 18.0 Å². The van der Waals surface area contributed by atoms with Gasteiger partial charge < -0.3 is 16.0 Å². The molecule has 0 aromatic carbocycles. The van der Waals surface area contributed by atoms with Crippen molar-refractivity contribution in [3.63, 3.8) is 0 Å². The lowest BCUT2D eigenvalue weighted by molar-refractivity contribution is -0.144. The minimum atomic E-state index is -4.65. The molecule has 1 unspecified atom stereocenters. The number of halogens is 3. The van der Waals surface area contributed by atoms with Crippen LogP contribution >= 0.6 is 0 Å². The molecule has 1 aromatic heterocycles. The van der Waals surface area contributed by atoms with Gasteiger partial charge in [0.2, 0.25) is 11.7 Å². The summed E-state index contributed by atoms with van der Waals surface area (Å²) in [6.45, 7) is 0.436. The van der Waals surface area contributed by atoms with E-state index < -0.39 is 23.9 Å². The Morgan fingerprint density at radius 1 is 1.50 bits per heavy atom. The summed E-state index contributed by atoms with van der Waals surface area (Å²) >= 11 is 0. The van der Waals surface area contributed by atoms with E-state index in [0.717, 1.165) is 0 Å². The molecular weight excluding hydrogens is 275 g/mol. The van der Waals surface area contributed by atoms with Gasteiger partial charge in [0, 0.05) is 19.7 Å². The highest BCUT2D eigenvalue weighted by molar-refractivity contribution is 5.84. The van der Waals surface area contributed by atoms with E-state index >= 15 is 0 Å². The third-order valence-corrected chi connectivity index (χ3v) is 3.10. The molecule has 1 aliphatic rings. The van der Waals surface area contributed by atoms with E-state index in [2.05, 4.69) is 15.3 Å². The number of nitrogens with two attached hydrogens (primary N) is 1. The summed E-state index contributed by atoms with van der Waals surface area (Å²) in [5.74, 6) is -1.72. The van der Waals surface area contributed by atoms with Crippen LogP contribution in [0.15, 0.2) is 6.07 Å². The number of aromatic nitrogens is 2. The highest BCUT2D eigenvalue weighted by Crippen LogP contribution is 2.31. The second kappa shape index (κ2) is 5.14. The van der Waals surface area contributed by atoms with Crippen molar-refractivity contribution in [2.75, 3.05) is 23.8 Å². The summed E-state index contributed by atoms with van der Waals surface area (Å²) in [6, 6.07) is 0.743. The lowest BCUT2D eigenvalue weighted by Gasteiger charge is -2.24. The molecule has 20 heavy (non-hydrogen) atoms. The molecule has 6 nitrogen and oxygen atoms in total. The number of primary amides is 1. The van der Waals surface area contributed by atoms with Gasteiger partial charge in [-0.15, -0.1) is 0 Å². The maximum Gasteiger partial charge on any atom is 0.451 e. The van der Waals surface area contributed by atoms with Crippen LogP contribution in [0.4, 0.5) is 24.8 Å². The molecule has 1 saturated heterocycles. The van der Waals surface area contributed by atoms with Crippen molar-refractivity contribution < 1.29 is 18.0 Å². The zero-order valence-electron chi connectivity index (χ0n) is 10.7. The van der Waals surface area contributed by atoms with Crippen LogP contribution in [0.5, 0.6) is 0 Å². The molecule has 0 radical (unpaired) electrons. The number of alkyl halides is 3. The first-order chi connectivity index (χ1) is 9.32. The molecule has 110 valence electrons. The Kier molecular flexibility index (Phi) is 3.69. The molecule has 1 atom stereocenters. The number of carbonyl (C=O) groups excluding carboxylic acids is 1. The van der Waals surface area contributed by atoms with Crippen LogP contribution in [0.2, 0.25) is 0 Å². The van der Waals surface area contributed by atoms with Crippen LogP contribution in [0.1, 0.15) is 18.7 Å². The maximum atomic E-state index is 12.8. The predicted octanol–water partition coefficient (Wildman–Crippen LogP) is 0.991. The van der Waals surface area contributed by atoms with Gasteiger partial charge in [-0.3, -0.25) is 4.79 Å². The molecule has 2 rings (SSSR count). The van der Waals surface area contributed by atoms with Gasteiger partial charge in [-0.05, 0) is 12.8 Å². The minimum Gasteiger partial charge on any atom is -0.373 e. The van der Waals surface area contributed by atoms with Crippen molar-refractivity contribution in [1.29, 1.82) is 0 Å². The second-order valence-corrected chi connectivity index (χ2v) is 4.44. The highest BCUT2D eigenvalue weighted by atomic mass is 19.4. The van der Waals surface area contributed by atoms with E-state index in [-0.39, 0.29) is 11.6 Å². The number of hydrogen-bond donors (Lipinski definition) is 2. The van der Waals surface area contributed by atoms with Crippen LogP contribution in [0.3, 0.4) is 0 Å². The molecule has 0 saturated carbocycles. The molecule has 0 spiro atoms. The van der Waals surface area contributed by atoms with Crippen molar-refractivity contribution in [3.05, 3.63) is 11.9 Å². The molecule has 1 aliphatic heterocycles. The first-order valence-corrected chi connectivity index (χ1v) is 6.03. The molecular formula is C11H14F3N5O. The van der Waals surface area contributed by atoms with Gasteiger partial charge in [-0.25, -0.2) is 9.97 Å².